The van der Waals surface area contributed by atoms with Gasteiger partial charge in [-0.1, -0.05) is 19.9 Å². The second-order valence-electron chi connectivity index (χ2n) is 2.26. The first-order chi connectivity index (χ1) is 5.61. The third-order valence-electron chi connectivity index (χ3n) is 1.25. The van der Waals surface area contributed by atoms with E-state index in [4.69, 9.17) is 5.11 Å². The van der Waals surface area contributed by atoms with Gasteiger partial charge in [0.1, 0.15) is 0 Å². The maximum atomic E-state index is 10.6. The predicted octanol–water partition coefficient (Wildman–Crippen LogP) is 0.969. The normalized spacial score (nSPS) is 11.8. The van der Waals surface area contributed by atoms with E-state index in [1.165, 1.54) is 0 Å². The summed E-state index contributed by atoms with van der Waals surface area (Å²) in [5.74, 6) is -1.82. The summed E-state index contributed by atoms with van der Waals surface area (Å²) < 4.78 is 4.54. The summed E-state index contributed by atoms with van der Waals surface area (Å²) in [6.45, 7) is 4.98. The van der Waals surface area contributed by atoms with Crippen LogP contribution in [0.3, 0.4) is 0 Å². The molecule has 0 aliphatic heterocycles. The molecule has 4 heteroatoms. The summed E-state index contributed by atoms with van der Waals surface area (Å²) in [6.07, 6.45) is 0.891. The molecule has 0 heterocycles. The van der Waals surface area contributed by atoms with Gasteiger partial charge in [-0.2, -0.15) is 0 Å². The van der Waals surface area contributed by atoms with E-state index >= 15 is 0 Å². The molecule has 0 aliphatic carbocycles. The van der Waals surface area contributed by atoms with Crippen molar-refractivity contribution < 1.29 is 19.4 Å². The Hall–Kier alpha value is -1.32. The van der Waals surface area contributed by atoms with Crippen molar-refractivity contribution in [2.75, 3.05) is 0 Å². The Labute approximate surface area is 70.8 Å². The first-order valence-electron chi connectivity index (χ1n) is 3.67. The van der Waals surface area contributed by atoms with Crippen LogP contribution in [0.25, 0.3) is 0 Å². The number of carboxylic acids is 1. The van der Waals surface area contributed by atoms with Gasteiger partial charge in [0, 0.05) is 6.08 Å². The second kappa shape index (κ2) is 5.35. The van der Waals surface area contributed by atoms with E-state index in [1.807, 2.05) is 6.92 Å². The first-order valence-corrected chi connectivity index (χ1v) is 3.67. The summed E-state index contributed by atoms with van der Waals surface area (Å²) in [5, 5.41) is 8.54. The molecule has 0 aliphatic rings. The van der Waals surface area contributed by atoms with Crippen LogP contribution in [0.4, 0.5) is 0 Å². The average molecular weight is 172 g/mol. The highest BCUT2D eigenvalue weighted by molar-refractivity contribution is 5.84. The van der Waals surface area contributed by atoms with Crippen LogP contribution >= 0.6 is 0 Å². The van der Waals surface area contributed by atoms with E-state index in [0.29, 0.717) is 12.8 Å². The van der Waals surface area contributed by atoms with Gasteiger partial charge < -0.3 is 9.84 Å². The van der Waals surface area contributed by atoms with E-state index in [1.54, 1.807) is 0 Å². The van der Waals surface area contributed by atoms with Gasteiger partial charge in [-0.15, -0.1) is 0 Å². The molecule has 0 bridgehead atoms. The van der Waals surface area contributed by atoms with Crippen LogP contribution in [0.2, 0.25) is 0 Å². The number of rotatable bonds is 5. The van der Waals surface area contributed by atoms with Crippen LogP contribution in [0.1, 0.15) is 19.8 Å². The smallest absolute Gasteiger partial charge is 0.345 e. The van der Waals surface area contributed by atoms with Crippen LogP contribution in [0, 0.1) is 0 Å². The highest BCUT2D eigenvalue weighted by atomic mass is 16.6. The molecule has 0 radical (unpaired) electrons. The summed E-state index contributed by atoms with van der Waals surface area (Å²) >= 11 is 0. The SMILES string of the molecule is C=CC(=O)OC(CCC)C(=O)O. The van der Waals surface area contributed by atoms with Gasteiger partial charge in [-0.05, 0) is 6.42 Å². The number of carbonyl (C=O) groups excluding carboxylic acids is 1. The number of hydrogen-bond acceptors (Lipinski definition) is 3. The summed E-state index contributed by atoms with van der Waals surface area (Å²) in [4.78, 5) is 21.0. The van der Waals surface area contributed by atoms with Crippen molar-refractivity contribution in [2.45, 2.75) is 25.9 Å². The highest BCUT2D eigenvalue weighted by Gasteiger charge is 2.19. The monoisotopic (exact) mass is 172 g/mol. The standard InChI is InChI=1S/C8H12O4/c1-3-5-6(8(10)11)12-7(9)4-2/h4,6H,2-3,5H2,1H3,(H,10,11). The number of esters is 1. The van der Waals surface area contributed by atoms with Crippen LogP contribution in [0.5, 0.6) is 0 Å². The lowest BCUT2D eigenvalue weighted by Crippen LogP contribution is -2.25. The molecule has 1 unspecified atom stereocenters. The third kappa shape index (κ3) is 3.75. The fourth-order valence-corrected chi connectivity index (χ4v) is 0.683. The fourth-order valence-electron chi connectivity index (χ4n) is 0.683. The van der Waals surface area contributed by atoms with Gasteiger partial charge in [0.15, 0.2) is 6.10 Å². The quantitative estimate of drug-likeness (QED) is 0.495. The maximum Gasteiger partial charge on any atom is 0.345 e. The minimum atomic E-state index is -1.12. The largest absolute Gasteiger partial charge is 0.479 e. The Bertz CT molecular complexity index is 185. The third-order valence-corrected chi connectivity index (χ3v) is 1.25. The number of hydrogen-bond donors (Lipinski definition) is 1. The van der Waals surface area contributed by atoms with E-state index < -0.39 is 18.0 Å². The van der Waals surface area contributed by atoms with Crippen LogP contribution < -0.4 is 0 Å². The molecule has 0 spiro atoms. The van der Waals surface area contributed by atoms with Crippen molar-refractivity contribution in [2.24, 2.45) is 0 Å². The predicted molar refractivity (Wildman–Crippen MR) is 42.6 cm³/mol. The lowest BCUT2D eigenvalue weighted by Gasteiger charge is -2.10. The molecule has 4 nitrogen and oxygen atoms in total. The summed E-state index contributed by atoms with van der Waals surface area (Å²) in [5.41, 5.74) is 0. The first kappa shape index (κ1) is 10.7. The molecule has 68 valence electrons. The van der Waals surface area contributed by atoms with Gasteiger partial charge in [-0.25, -0.2) is 9.59 Å². The molecule has 0 rings (SSSR count). The Morgan fingerprint density at radius 1 is 1.67 bits per heavy atom. The lowest BCUT2D eigenvalue weighted by molar-refractivity contribution is -0.161. The Morgan fingerprint density at radius 2 is 2.25 bits per heavy atom. The second-order valence-corrected chi connectivity index (χ2v) is 2.26. The van der Waals surface area contributed by atoms with Crippen molar-refractivity contribution in [3.05, 3.63) is 12.7 Å². The number of ether oxygens (including phenoxy) is 1. The van der Waals surface area contributed by atoms with E-state index in [2.05, 4.69) is 11.3 Å². The Kier molecular flexibility index (Phi) is 4.76. The van der Waals surface area contributed by atoms with Crippen LogP contribution in [-0.4, -0.2) is 23.1 Å². The lowest BCUT2D eigenvalue weighted by atomic mass is 10.2. The molecule has 0 amide bonds. The van der Waals surface area contributed by atoms with Gasteiger partial charge in [0.25, 0.3) is 0 Å². The number of carbonyl (C=O) groups is 2. The highest BCUT2D eigenvalue weighted by Crippen LogP contribution is 2.02. The van der Waals surface area contributed by atoms with Crippen LogP contribution in [0.15, 0.2) is 12.7 Å². The Morgan fingerprint density at radius 3 is 2.58 bits per heavy atom. The molecule has 1 N–H and O–H groups in total. The van der Waals surface area contributed by atoms with Crippen molar-refractivity contribution in [1.82, 2.24) is 0 Å². The molecule has 12 heavy (non-hydrogen) atoms. The minimum Gasteiger partial charge on any atom is -0.479 e. The van der Waals surface area contributed by atoms with E-state index in [9.17, 15) is 9.59 Å². The molecule has 0 saturated heterocycles. The molecule has 1 atom stereocenters. The van der Waals surface area contributed by atoms with E-state index in [-0.39, 0.29) is 0 Å². The minimum absolute atomic E-state index is 0.328. The topological polar surface area (TPSA) is 63.6 Å². The molecule has 0 saturated carbocycles. The van der Waals surface area contributed by atoms with E-state index in [0.717, 1.165) is 6.08 Å². The summed E-state index contributed by atoms with van der Waals surface area (Å²) in [7, 11) is 0. The summed E-state index contributed by atoms with van der Waals surface area (Å²) in [6, 6.07) is 0. The molecular weight excluding hydrogens is 160 g/mol. The number of carboxylic acid groups (broad SMARTS) is 1. The van der Waals surface area contributed by atoms with Gasteiger partial charge in [0.2, 0.25) is 0 Å². The zero-order chi connectivity index (χ0) is 9.56. The molecule has 0 fully saturated rings. The van der Waals surface area contributed by atoms with Gasteiger partial charge >= 0.3 is 11.9 Å². The van der Waals surface area contributed by atoms with Crippen molar-refractivity contribution >= 4 is 11.9 Å². The van der Waals surface area contributed by atoms with Gasteiger partial charge in [0.05, 0.1) is 0 Å². The fraction of sp³-hybridized carbons (Fsp3) is 0.500. The average Bonchev–Trinajstić information content (AvgIpc) is 2.03. The molecule has 0 aromatic carbocycles. The Balaban J connectivity index is 4.03. The van der Waals surface area contributed by atoms with Crippen molar-refractivity contribution in [1.29, 1.82) is 0 Å². The molecule has 0 aromatic rings. The van der Waals surface area contributed by atoms with Crippen molar-refractivity contribution in [3.8, 4) is 0 Å². The maximum absolute atomic E-state index is 10.6. The number of aliphatic carboxylic acids is 1. The van der Waals surface area contributed by atoms with Crippen LogP contribution in [-0.2, 0) is 14.3 Å². The van der Waals surface area contributed by atoms with Crippen molar-refractivity contribution in [3.63, 3.8) is 0 Å². The van der Waals surface area contributed by atoms with Gasteiger partial charge in [-0.3, -0.25) is 0 Å². The zero-order valence-electron chi connectivity index (χ0n) is 6.95. The zero-order valence-corrected chi connectivity index (χ0v) is 6.95. The molecular formula is C8H12O4. The molecule has 0 aromatic heterocycles.